The zero-order chi connectivity index (χ0) is 30.2. The summed E-state index contributed by atoms with van der Waals surface area (Å²) in [4.78, 5) is 25.9. The molecule has 3 rings (SSSR count). The van der Waals surface area contributed by atoms with Crippen molar-refractivity contribution in [2.24, 2.45) is 0 Å². The first-order valence-electron chi connectivity index (χ1n) is 13.9. The molecule has 0 spiro atoms. The summed E-state index contributed by atoms with van der Waals surface area (Å²) in [5.41, 5.74) is 2.79. The number of rotatable bonds is 18. The van der Waals surface area contributed by atoms with E-state index in [-0.39, 0.29) is 19.6 Å². The van der Waals surface area contributed by atoms with Gasteiger partial charge in [0.15, 0.2) is 6.10 Å². The van der Waals surface area contributed by atoms with E-state index in [0.29, 0.717) is 61.5 Å². The van der Waals surface area contributed by atoms with Crippen LogP contribution in [0.3, 0.4) is 0 Å². The monoisotopic (exact) mass is 617 g/mol. The van der Waals surface area contributed by atoms with Crippen LogP contribution in [-0.2, 0) is 38.5 Å². The highest BCUT2D eigenvalue weighted by Crippen LogP contribution is 2.20. The fourth-order valence-corrected chi connectivity index (χ4v) is 4.73. The van der Waals surface area contributed by atoms with Gasteiger partial charge in [-0.1, -0.05) is 65.7 Å². The van der Waals surface area contributed by atoms with Gasteiger partial charge in [-0.05, 0) is 60.4 Å². The van der Waals surface area contributed by atoms with E-state index in [1.165, 1.54) is 0 Å². The minimum Gasteiger partial charge on any atom is -0.492 e. The van der Waals surface area contributed by atoms with Crippen molar-refractivity contribution in [1.29, 1.82) is 0 Å². The molecule has 10 heteroatoms. The quantitative estimate of drug-likeness (QED) is 0.159. The molecule has 3 aromatic rings. The number of ether oxygens (including phenoxy) is 4. The summed E-state index contributed by atoms with van der Waals surface area (Å²) >= 11 is 12.1. The molecule has 0 aliphatic rings. The second kappa shape index (κ2) is 18.3. The van der Waals surface area contributed by atoms with Crippen molar-refractivity contribution in [2.45, 2.75) is 38.9 Å². The summed E-state index contributed by atoms with van der Waals surface area (Å²) in [6.07, 6.45) is 0.179. The minimum absolute atomic E-state index is 0.256. The predicted molar refractivity (Wildman–Crippen MR) is 162 cm³/mol. The smallest absolute Gasteiger partial charge is 0.409 e. The van der Waals surface area contributed by atoms with Crippen molar-refractivity contribution in [2.75, 3.05) is 39.5 Å². The van der Waals surface area contributed by atoms with Gasteiger partial charge in [-0.2, -0.15) is 0 Å². The SMILES string of the molecule is CCOC(Cc1ccc(OCCN(CCCOCc2cc(Cl)cc(Cl)c2)C(=O)OCCc2ccccc2)cc1)C(=O)O. The lowest BCUT2D eigenvalue weighted by atomic mass is 10.1. The Kier molecular flexibility index (Phi) is 14.5. The number of aliphatic carboxylic acids is 1. The Hall–Kier alpha value is -3.30. The van der Waals surface area contributed by atoms with Crippen LogP contribution in [0, 0.1) is 0 Å². The number of hydrogen-bond acceptors (Lipinski definition) is 6. The van der Waals surface area contributed by atoms with Gasteiger partial charge in [0.2, 0.25) is 0 Å². The minimum atomic E-state index is -0.993. The van der Waals surface area contributed by atoms with E-state index in [9.17, 15) is 14.7 Å². The molecule has 0 aliphatic heterocycles. The van der Waals surface area contributed by atoms with Gasteiger partial charge in [0.05, 0.1) is 19.8 Å². The summed E-state index contributed by atoms with van der Waals surface area (Å²) in [5, 5.41) is 10.4. The van der Waals surface area contributed by atoms with Crippen molar-refractivity contribution >= 4 is 35.3 Å². The lowest BCUT2D eigenvalue weighted by molar-refractivity contribution is -0.149. The van der Waals surface area contributed by atoms with E-state index in [0.717, 1.165) is 16.7 Å². The molecule has 0 aliphatic carbocycles. The molecular weight excluding hydrogens is 581 g/mol. The Morgan fingerprint density at radius 2 is 1.57 bits per heavy atom. The van der Waals surface area contributed by atoms with Gasteiger partial charge in [-0.3, -0.25) is 0 Å². The van der Waals surface area contributed by atoms with Gasteiger partial charge < -0.3 is 29.0 Å². The normalized spacial score (nSPS) is 11.6. The molecule has 8 nitrogen and oxygen atoms in total. The van der Waals surface area contributed by atoms with E-state index in [4.69, 9.17) is 42.1 Å². The molecule has 0 saturated carbocycles. The Bertz CT molecular complexity index is 1220. The lowest BCUT2D eigenvalue weighted by Gasteiger charge is -2.22. The van der Waals surface area contributed by atoms with Crippen molar-refractivity contribution in [3.05, 3.63) is 99.5 Å². The van der Waals surface area contributed by atoms with Crippen molar-refractivity contribution < 1.29 is 33.6 Å². The number of halogens is 2. The number of nitrogens with zero attached hydrogens (tertiary/aromatic N) is 1. The van der Waals surface area contributed by atoms with E-state index in [2.05, 4.69) is 0 Å². The summed E-state index contributed by atoms with van der Waals surface area (Å²) in [6, 6.07) is 22.3. The Morgan fingerprint density at radius 1 is 0.857 bits per heavy atom. The number of benzene rings is 3. The molecule has 226 valence electrons. The largest absolute Gasteiger partial charge is 0.492 e. The van der Waals surface area contributed by atoms with Gasteiger partial charge >= 0.3 is 12.1 Å². The van der Waals surface area contributed by atoms with E-state index >= 15 is 0 Å². The van der Waals surface area contributed by atoms with Crippen LogP contribution in [0.25, 0.3) is 0 Å². The number of carbonyl (C=O) groups is 2. The maximum Gasteiger partial charge on any atom is 0.409 e. The van der Waals surface area contributed by atoms with Gasteiger partial charge in [0.25, 0.3) is 0 Å². The summed E-state index contributed by atoms with van der Waals surface area (Å²) in [5.74, 6) is -0.380. The first kappa shape index (κ1) is 33.2. The molecule has 1 atom stereocenters. The third-order valence-corrected chi connectivity index (χ3v) is 6.68. The number of carboxylic acid groups (broad SMARTS) is 1. The summed E-state index contributed by atoms with van der Waals surface area (Å²) < 4.78 is 22.5. The maximum atomic E-state index is 12.9. The second-order valence-corrected chi connectivity index (χ2v) is 10.4. The first-order chi connectivity index (χ1) is 20.3. The van der Waals surface area contributed by atoms with Crippen LogP contribution in [-0.4, -0.2) is 67.7 Å². The van der Waals surface area contributed by atoms with Gasteiger partial charge in [0.1, 0.15) is 12.4 Å². The van der Waals surface area contributed by atoms with Crippen LogP contribution in [0.5, 0.6) is 5.75 Å². The molecule has 0 bridgehead atoms. The Morgan fingerprint density at radius 3 is 2.24 bits per heavy atom. The van der Waals surface area contributed by atoms with Crippen LogP contribution >= 0.6 is 23.2 Å². The van der Waals surface area contributed by atoms with Crippen LogP contribution in [0.4, 0.5) is 4.79 Å². The van der Waals surface area contributed by atoms with Gasteiger partial charge in [0, 0.05) is 42.6 Å². The van der Waals surface area contributed by atoms with Crippen LogP contribution in [0.15, 0.2) is 72.8 Å². The molecular formula is C32H37Cl2NO7. The molecule has 3 aromatic carbocycles. The third-order valence-electron chi connectivity index (χ3n) is 6.24. The molecule has 0 radical (unpaired) electrons. The first-order valence-corrected chi connectivity index (χ1v) is 14.6. The second-order valence-electron chi connectivity index (χ2n) is 9.50. The lowest BCUT2D eigenvalue weighted by Crippen LogP contribution is -2.36. The van der Waals surface area contributed by atoms with Crippen LogP contribution in [0.1, 0.15) is 30.0 Å². The fraction of sp³-hybridized carbons (Fsp3) is 0.375. The van der Waals surface area contributed by atoms with Crippen molar-refractivity contribution in [3.63, 3.8) is 0 Å². The standard InChI is InChI=1S/C32H37Cl2NO7/c1-2-40-30(31(36)37)21-25-9-11-29(12-10-25)41-18-15-35(32(38)42-17-13-24-7-4-3-5-8-24)14-6-16-39-23-26-19-27(33)22-28(34)20-26/h3-5,7-12,19-20,22,30H,2,6,13-18,21,23H2,1H3,(H,36,37). The molecule has 1 amide bonds. The zero-order valence-corrected chi connectivity index (χ0v) is 25.2. The summed E-state index contributed by atoms with van der Waals surface area (Å²) in [6.45, 7) is 4.15. The zero-order valence-electron chi connectivity index (χ0n) is 23.7. The van der Waals surface area contributed by atoms with E-state index < -0.39 is 18.2 Å². The summed E-state index contributed by atoms with van der Waals surface area (Å²) in [7, 11) is 0. The number of carboxylic acids is 1. The van der Waals surface area contributed by atoms with Crippen molar-refractivity contribution in [1.82, 2.24) is 4.90 Å². The van der Waals surface area contributed by atoms with Gasteiger partial charge in [-0.25, -0.2) is 9.59 Å². The predicted octanol–water partition coefficient (Wildman–Crippen LogP) is 6.69. The topological polar surface area (TPSA) is 94.5 Å². The van der Waals surface area contributed by atoms with Crippen LogP contribution < -0.4 is 4.74 Å². The maximum absolute atomic E-state index is 12.9. The molecule has 0 heterocycles. The number of amides is 1. The molecule has 42 heavy (non-hydrogen) atoms. The average molecular weight is 619 g/mol. The molecule has 1 unspecified atom stereocenters. The highest BCUT2D eigenvalue weighted by molar-refractivity contribution is 6.34. The number of carbonyl (C=O) groups excluding carboxylic acids is 1. The average Bonchev–Trinajstić information content (AvgIpc) is 2.96. The van der Waals surface area contributed by atoms with Crippen LogP contribution in [0.2, 0.25) is 10.0 Å². The Labute approximate surface area is 257 Å². The van der Waals surface area contributed by atoms with E-state index in [1.54, 1.807) is 42.2 Å². The van der Waals surface area contributed by atoms with E-state index in [1.807, 2.05) is 42.5 Å². The Balaban J connectivity index is 1.48. The molecule has 0 fully saturated rings. The highest BCUT2D eigenvalue weighted by atomic mass is 35.5. The highest BCUT2D eigenvalue weighted by Gasteiger charge is 2.18. The number of hydrogen-bond donors (Lipinski definition) is 1. The molecule has 1 N–H and O–H groups in total. The van der Waals surface area contributed by atoms with Gasteiger partial charge in [-0.15, -0.1) is 0 Å². The molecule has 0 aromatic heterocycles. The molecule has 0 saturated heterocycles. The van der Waals surface area contributed by atoms with Crippen molar-refractivity contribution in [3.8, 4) is 5.75 Å². The fourth-order valence-electron chi connectivity index (χ4n) is 4.16. The third kappa shape index (κ3) is 12.3.